The van der Waals surface area contributed by atoms with Crippen LogP contribution in [0.3, 0.4) is 0 Å². The maximum atomic E-state index is 14.6. The summed E-state index contributed by atoms with van der Waals surface area (Å²) in [4.78, 5) is 34.5. The highest BCUT2D eigenvalue weighted by Crippen LogP contribution is 2.55. The SMILES string of the molecule is [C-]#[N+]C[C@H]1CN(c2nc(OCCN(C)C3C4CC3C4)nc3c2CCN(c2cccc4ccc(F)c(Cl)c24)C3)CCN1C(=O)C=C. The zero-order chi connectivity index (χ0) is 31.2. The molecule has 3 aliphatic carbocycles. The van der Waals surface area contributed by atoms with E-state index in [1.807, 2.05) is 18.2 Å². The average Bonchev–Trinajstić information content (AvgIpc) is 3.00. The minimum Gasteiger partial charge on any atom is -0.462 e. The quantitative estimate of drug-likeness (QED) is 0.248. The average molecular weight is 630 g/mol. The van der Waals surface area contributed by atoms with Crippen LogP contribution in [-0.2, 0) is 17.8 Å². The summed E-state index contributed by atoms with van der Waals surface area (Å²) in [5.41, 5.74) is 2.75. The van der Waals surface area contributed by atoms with Gasteiger partial charge >= 0.3 is 6.01 Å². The lowest BCUT2D eigenvalue weighted by atomic mass is 9.51. The normalized spacial score (nSPS) is 23.7. The van der Waals surface area contributed by atoms with Gasteiger partial charge in [0.15, 0.2) is 0 Å². The predicted molar refractivity (Wildman–Crippen MR) is 173 cm³/mol. The molecule has 3 saturated carbocycles. The molecular formula is C34H37ClFN7O2. The lowest BCUT2D eigenvalue weighted by Gasteiger charge is -2.61. The monoisotopic (exact) mass is 629 g/mol. The summed E-state index contributed by atoms with van der Waals surface area (Å²) in [5.74, 6) is 1.87. The molecule has 0 N–H and O–H groups in total. The molecule has 45 heavy (non-hydrogen) atoms. The Morgan fingerprint density at radius 2 is 2.02 bits per heavy atom. The minimum atomic E-state index is -0.443. The molecule has 1 atom stereocenters. The first-order valence-corrected chi connectivity index (χ1v) is 16.1. The fourth-order valence-electron chi connectivity index (χ4n) is 7.60. The zero-order valence-electron chi connectivity index (χ0n) is 25.5. The Kier molecular flexibility index (Phi) is 8.00. The Labute approximate surface area is 268 Å². The molecule has 2 bridgehead atoms. The van der Waals surface area contributed by atoms with Gasteiger partial charge in [-0.1, -0.05) is 36.4 Å². The minimum absolute atomic E-state index is 0.118. The summed E-state index contributed by atoms with van der Waals surface area (Å²) in [7, 11) is 2.17. The third-order valence-corrected chi connectivity index (χ3v) is 10.5. The molecular weight excluding hydrogens is 593 g/mol. The van der Waals surface area contributed by atoms with Crippen molar-refractivity contribution < 1.29 is 13.9 Å². The number of hydrogen-bond donors (Lipinski definition) is 0. The molecule has 2 aromatic carbocycles. The number of carbonyl (C=O) groups is 1. The van der Waals surface area contributed by atoms with Crippen molar-refractivity contribution in [2.24, 2.45) is 11.8 Å². The molecule has 5 aliphatic rings. The molecule has 9 nitrogen and oxygen atoms in total. The number of anilines is 2. The number of fused-ring (bicyclic) bond motifs is 2. The summed E-state index contributed by atoms with van der Waals surface area (Å²) in [6, 6.07) is 9.76. The first-order chi connectivity index (χ1) is 21.9. The van der Waals surface area contributed by atoms with Gasteiger partial charge in [0.25, 0.3) is 0 Å². The lowest BCUT2D eigenvalue weighted by molar-refractivity contribution is -0.128. The smallest absolute Gasteiger partial charge is 0.318 e. The van der Waals surface area contributed by atoms with Crippen LogP contribution in [0.4, 0.5) is 15.9 Å². The van der Waals surface area contributed by atoms with E-state index < -0.39 is 5.82 Å². The summed E-state index contributed by atoms with van der Waals surface area (Å²) >= 11 is 6.50. The van der Waals surface area contributed by atoms with Gasteiger partial charge in [0.05, 0.1) is 17.3 Å². The van der Waals surface area contributed by atoms with Crippen molar-refractivity contribution in [2.75, 3.05) is 62.7 Å². The van der Waals surface area contributed by atoms with Gasteiger partial charge in [0.1, 0.15) is 24.3 Å². The van der Waals surface area contributed by atoms with Crippen LogP contribution >= 0.6 is 11.6 Å². The van der Waals surface area contributed by atoms with Gasteiger partial charge in [-0.25, -0.2) is 11.0 Å². The second-order valence-corrected chi connectivity index (χ2v) is 13.0. The molecule has 1 aromatic heterocycles. The van der Waals surface area contributed by atoms with Gasteiger partial charge in [-0.05, 0) is 61.7 Å². The number of ether oxygens (including phenoxy) is 1. The third-order valence-electron chi connectivity index (χ3n) is 10.2. The van der Waals surface area contributed by atoms with Crippen LogP contribution in [0.2, 0.25) is 5.02 Å². The van der Waals surface area contributed by atoms with Crippen LogP contribution in [0, 0.1) is 24.2 Å². The predicted octanol–water partition coefficient (Wildman–Crippen LogP) is 4.83. The van der Waals surface area contributed by atoms with Gasteiger partial charge in [-0.2, -0.15) is 9.97 Å². The Hall–Kier alpha value is -3.94. The fourth-order valence-corrected chi connectivity index (χ4v) is 7.87. The van der Waals surface area contributed by atoms with E-state index in [0.717, 1.165) is 46.5 Å². The maximum absolute atomic E-state index is 14.6. The first kappa shape index (κ1) is 29.8. The van der Waals surface area contributed by atoms with Gasteiger partial charge < -0.3 is 24.3 Å². The fraction of sp³-hybridized carbons (Fsp3) is 0.471. The van der Waals surface area contributed by atoms with Crippen molar-refractivity contribution in [3.63, 3.8) is 0 Å². The second-order valence-electron chi connectivity index (χ2n) is 12.7. The second kappa shape index (κ2) is 12.1. The van der Waals surface area contributed by atoms with Gasteiger partial charge in [-0.3, -0.25) is 9.69 Å². The lowest BCUT2D eigenvalue weighted by Crippen LogP contribution is -2.63. The first-order valence-electron chi connectivity index (χ1n) is 15.7. The molecule has 1 saturated heterocycles. The van der Waals surface area contributed by atoms with E-state index in [0.29, 0.717) is 63.2 Å². The molecule has 3 heterocycles. The number of amides is 1. The van der Waals surface area contributed by atoms with E-state index in [1.165, 1.54) is 25.0 Å². The summed E-state index contributed by atoms with van der Waals surface area (Å²) in [5, 5.41) is 1.69. The van der Waals surface area contributed by atoms with Crippen LogP contribution in [0.15, 0.2) is 43.0 Å². The van der Waals surface area contributed by atoms with Gasteiger partial charge in [-0.15, -0.1) is 0 Å². The molecule has 11 heteroatoms. The Balaban J connectivity index is 1.18. The van der Waals surface area contributed by atoms with Crippen molar-refractivity contribution >= 4 is 39.8 Å². The van der Waals surface area contributed by atoms with Crippen molar-refractivity contribution in [3.05, 3.63) is 76.5 Å². The highest BCUT2D eigenvalue weighted by atomic mass is 35.5. The van der Waals surface area contributed by atoms with E-state index in [9.17, 15) is 9.18 Å². The maximum Gasteiger partial charge on any atom is 0.318 e. The molecule has 2 aliphatic heterocycles. The van der Waals surface area contributed by atoms with Gasteiger partial charge in [0, 0.05) is 55.4 Å². The van der Waals surface area contributed by atoms with Crippen LogP contribution in [0.1, 0.15) is 24.1 Å². The molecule has 1 amide bonds. The Morgan fingerprint density at radius 1 is 1.20 bits per heavy atom. The number of piperazine rings is 1. The van der Waals surface area contributed by atoms with Crippen LogP contribution in [0.25, 0.3) is 15.6 Å². The number of nitrogens with zero attached hydrogens (tertiary/aromatic N) is 7. The molecule has 0 spiro atoms. The number of aromatic nitrogens is 2. The van der Waals surface area contributed by atoms with Crippen LogP contribution in [-0.4, -0.2) is 90.7 Å². The summed E-state index contributed by atoms with van der Waals surface area (Å²) in [6.45, 7) is 15.3. The standard InChI is InChI=1S/C34H37ClFN7O2/c1-4-29(44)43-13-12-42(19-24(43)18-37-2)33-25-10-11-41(28-7-5-6-21-8-9-26(36)31(35)30(21)28)20-27(25)38-34(39-33)45-15-14-40(3)32-22-16-23(32)17-22/h4-9,22-24,32H,1,10-20H2,3H3/t22?,23?,24-,32?/m0/s1. The van der Waals surface area contributed by atoms with Crippen molar-refractivity contribution in [1.29, 1.82) is 0 Å². The van der Waals surface area contributed by atoms with Gasteiger partial charge in [0.2, 0.25) is 12.5 Å². The molecule has 0 unspecified atom stereocenters. The number of carbonyl (C=O) groups excluding carboxylic acids is 1. The van der Waals surface area contributed by atoms with Crippen molar-refractivity contribution in [1.82, 2.24) is 19.8 Å². The van der Waals surface area contributed by atoms with Crippen LogP contribution < -0.4 is 14.5 Å². The van der Waals surface area contributed by atoms with Crippen molar-refractivity contribution in [3.8, 4) is 6.01 Å². The third kappa shape index (κ3) is 5.36. The van der Waals surface area contributed by atoms with Crippen LogP contribution in [0.5, 0.6) is 6.01 Å². The molecule has 0 radical (unpaired) electrons. The Morgan fingerprint density at radius 3 is 2.76 bits per heavy atom. The largest absolute Gasteiger partial charge is 0.462 e. The molecule has 4 fully saturated rings. The number of likely N-dealkylation sites (N-methyl/N-ethyl adjacent to an activating group) is 1. The zero-order valence-corrected chi connectivity index (χ0v) is 26.2. The van der Waals surface area contributed by atoms with E-state index in [2.05, 4.69) is 33.2 Å². The molecule has 234 valence electrons. The number of benzene rings is 2. The van der Waals surface area contributed by atoms with E-state index in [1.54, 1.807) is 11.0 Å². The topological polar surface area (TPSA) is 69.4 Å². The number of halogens is 2. The summed E-state index contributed by atoms with van der Waals surface area (Å²) in [6.07, 6.45) is 4.70. The highest BCUT2D eigenvalue weighted by Gasteiger charge is 2.53. The van der Waals surface area contributed by atoms with E-state index in [4.69, 9.17) is 32.9 Å². The van der Waals surface area contributed by atoms with E-state index in [-0.39, 0.29) is 23.5 Å². The molecule has 3 aromatic rings. The van der Waals surface area contributed by atoms with Crippen molar-refractivity contribution in [2.45, 2.75) is 37.9 Å². The molecule has 8 rings (SSSR count). The van der Waals surface area contributed by atoms with E-state index >= 15 is 0 Å². The summed E-state index contributed by atoms with van der Waals surface area (Å²) < 4.78 is 20.8. The Bertz CT molecular complexity index is 1680. The number of rotatable bonds is 9. The highest BCUT2D eigenvalue weighted by molar-refractivity contribution is 6.36. The number of hydrogen-bond acceptors (Lipinski definition) is 7.